The van der Waals surface area contributed by atoms with Gasteiger partial charge in [0.25, 0.3) is 0 Å². The predicted octanol–water partition coefficient (Wildman–Crippen LogP) is 6.44. The summed E-state index contributed by atoms with van der Waals surface area (Å²) in [4.78, 5) is 11.7. The lowest BCUT2D eigenvalue weighted by Gasteiger charge is -2.28. The van der Waals surface area contributed by atoms with E-state index < -0.39 is 11.3 Å². The summed E-state index contributed by atoms with van der Waals surface area (Å²) in [5, 5.41) is 18.7. The van der Waals surface area contributed by atoms with E-state index in [-0.39, 0.29) is 18.4 Å². The maximum atomic E-state index is 12.2. The number of rotatable bonds is 16. The third-order valence-corrected chi connectivity index (χ3v) is 8.15. The molecular formula is C31H39N2O4S-. The van der Waals surface area contributed by atoms with Gasteiger partial charge in [-0.3, -0.25) is 9.00 Å². The monoisotopic (exact) mass is 535 g/mol. The van der Waals surface area contributed by atoms with Crippen LogP contribution in [0.4, 0.5) is 5.69 Å². The number of hydrogen-bond donors (Lipinski definition) is 2. The first kappa shape index (κ1) is 28.3. The van der Waals surface area contributed by atoms with Crippen LogP contribution >= 0.6 is 0 Å². The minimum absolute atomic E-state index is 0.0107. The molecule has 0 radical (unpaired) electrons. The van der Waals surface area contributed by atoms with Gasteiger partial charge in [0.2, 0.25) is 5.91 Å². The van der Waals surface area contributed by atoms with Crippen molar-refractivity contribution in [3.8, 4) is 0 Å². The van der Waals surface area contributed by atoms with Crippen molar-refractivity contribution >= 4 is 55.2 Å². The van der Waals surface area contributed by atoms with Crippen LogP contribution in [0.2, 0.25) is 0 Å². The Labute approximate surface area is 228 Å². The Morgan fingerprint density at radius 1 is 0.868 bits per heavy atom. The van der Waals surface area contributed by atoms with Gasteiger partial charge >= 0.3 is 0 Å². The molecule has 2 unspecified atom stereocenters. The molecule has 0 aliphatic carbocycles. The van der Waals surface area contributed by atoms with E-state index in [0.29, 0.717) is 19.5 Å². The fourth-order valence-corrected chi connectivity index (χ4v) is 5.93. The topological polar surface area (TPSA) is 92.7 Å². The zero-order chi connectivity index (χ0) is 26.9. The van der Waals surface area contributed by atoms with Gasteiger partial charge in [0.15, 0.2) is 0 Å². The Morgan fingerprint density at radius 3 is 2.11 bits per heavy atom. The summed E-state index contributed by atoms with van der Waals surface area (Å²) in [6, 6.07) is 18.6. The molecule has 2 atom stereocenters. The highest BCUT2D eigenvalue weighted by Crippen LogP contribution is 2.39. The minimum Gasteiger partial charge on any atom is -0.755 e. The fraction of sp³-hybridized carbons (Fsp3) is 0.452. The molecule has 4 aromatic rings. The predicted molar refractivity (Wildman–Crippen MR) is 157 cm³/mol. The van der Waals surface area contributed by atoms with Crippen molar-refractivity contribution < 1.29 is 18.7 Å². The van der Waals surface area contributed by atoms with Gasteiger partial charge in [-0.15, -0.1) is 0 Å². The lowest BCUT2D eigenvalue weighted by atomic mass is 9.93. The number of anilines is 1. The molecule has 0 heterocycles. The second kappa shape index (κ2) is 13.9. The Kier molecular flexibility index (Phi) is 10.3. The maximum Gasteiger partial charge on any atom is 0.220 e. The zero-order valence-corrected chi connectivity index (χ0v) is 23.1. The standard InChI is InChI=1S/C31H40N2O4S/c1-23(22-34)21-29(35)32-19-8-6-4-2-3-5-7-9-20-33(38(36)37)28-18-16-26-14-13-24-11-10-12-25-15-17-27(28)31(26)30(24)25/h10-18,23,34H,2-9,19-22H2,1H3,(H,32,35)(H,36,37)/p-1. The van der Waals surface area contributed by atoms with Crippen LogP contribution in [-0.2, 0) is 16.1 Å². The van der Waals surface area contributed by atoms with Crippen molar-refractivity contribution in [2.45, 2.75) is 64.7 Å². The first-order valence-electron chi connectivity index (χ1n) is 13.9. The molecule has 0 saturated carbocycles. The van der Waals surface area contributed by atoms with Crippen molar-refractivity contribution in [3.05, 3.63) is 54.6 Å². The van der Waals surface area contributed by atoms with Crippen LogP contribution in [0.5, 0.6) is 0 Å². The molecule has 4 rings (SSSR count). The number of unbranched alkanes of at least 4 members (excludes halogenated alkanes) is 7. The van der Waals surface area contributed by atoms with Gasteiger partial charge < -0.3 is 19.3 Å². The highest BCUT2D eigenvalue weighted by molar-refractivity contribution is 7.80. The van der Waals surface area contributed by atoms with Crippen LogP contribution in [0.3, 0.4) is 0 Å². The fourth-order valence-electron chi connectivity index (χ4n) is 5.33. The highest BCUT2D eigenvalue weighted by Gasteiger charge is 2.15. The number of carbonyl (C=O) groups is 1. The molecule has 1 amide bonds. The Bertz CT molecular complexity index is 1340. The van der Waals surface area contributed by atoms with Gasteiger partial charge in [0.1, 0.15) is 0 Å². The van der Waals surface area contributed by atoms with Crippen LogP contribution in [0, 0.1) is 5.92 Å². The summed E-state index contributed by atoms with van der Waals surface area (Å²) in [5.74, 6) is 0.0262. The molecule has 6 nitrogen and oxygen atoms in total. The first-order chi connectivity index (χ1) is 18.5. The van der Waals surface area contributed by atoms with Gasteiger partial charge in [-0.25, -0.2) is 0 Å². The lowest BCUT2D eigenvalue weighted by Crippen LogP contribution is -2.26. The molecule has 2 N–H and O–H groups in total. The molecule has 0 aromatic heterocycles. The number of hydrogen-bond acceptors (Lipinski definition) is 4. The molecule has 0 bridgehead atoms. The minimum atomic E-state index is -2.34. The molecule has 0 saturated heterocycles. The van der Waals surface area contributed by atoms with Crippen LogP contribution in [-0.4, -0.2) is 39.5 Å². The van der Waals surface area contributed by atoms with Gasteiger partial charge in [0, 0.05) is 42.8 Å². The van der Waals surface area contributed by atoms with Crippen LogP contribution < -0.4 is 9.62 Å². The number of nitrogens with one attached hydrogen (secondary N) is 1. The quantitative estimate of drug-likeness (QED) is 0.0981. The summed E-state index contributed by atoms with van der Waals surface area (Å²) in [6.45, 7) is 3.08. The zero-order valence-electron chi connectivity index (χ0n) is 22.3. The molecule has 38 heavy (non-hydrogen) atoms. The number of amides is 1. The van der Waals surface area contributed by atoms with Crippen LogP contribution in [0.25, 0.3) is 32.3 Å². The Morgan fingerprint density at radius 2 is 1.45 bits per heavy atom. The number of benzene rings is 4. The van der Waals surface area contributed by atoms with E-state index in [0.717, 1.165) is 73.2 Å². The maximum absolute atomic E-state index is 12.2. The number of aliphatic hydroxyl groups excluding tert-OH is 1. The smallest absolute Gasteiger partial charge is 0.220 e. The molecule has 0 aliphatic rings. The van der Waals surface area contributed by atoms with Crippen molar-refractivity contribution in [3.63, 3.8) is 0 Å². The summed E-state index contributed by atoms with van der Waals surface area (Å²) >= 11 is -2.34. The largest absolute Gasteiger partial charge is 0.755 e. The SMILES string of the molecule is CC(CO)CC(=O)NCCCCCCCCCCN(c1ccc2ccc3cccc4ccc1c2c34)S(=O)[O-]. The van der Waals surface area contributed by atoms with Crippen molar-refractivity contribution in [1.82, 2.24) is 5.32 Å². The highest BCUT2D eigenvalue weighted by atomic mass is 32.2. The summed E-state index contributed by atoms with van der Waals surface area (Å²) < 4.78 is 26.0. The first-order valence-corrected chi connectivity index (χ1v) is 14.9. The number of nitrogens with zero attached hydrogens (tertiary/aromatic N) is 1. The molecule has 0 spiro atoms. The van der Waals surface area contributed by atoms with Crippen LogP contribution in [0.15, 0.2) is 54.6 Å². The Balaban J connectivity index is 1.22. The molecule has 7 heteroatoms. The van der Waals surface area contributed by atoms with Gasteiger partial charge in [-0.2, -0.15) is 0 Å². The van der Waals surface area contributed by atoms with E-state index in [1.165, 1.54) is 20.5 Å². The van der Waals surface area contributed by atoms with E-state index in [9.17, 15) is 13.6 Å². The van der Waals surface area contributed by atoms with E-state index in [1.54, 1.807) is 0 Å². The molecule has 0 fully saturated rings. The average Bonchev–Trinajstić information content (AvgIpc) is 2.92. The summed E-state index contributed by atoms with van der Waals surface area (Å²) in [6.07, 6.45) is 8.80. The molecule has 204 valence electrons. The van der Waals surface area contributed by atoms with E-state index >= 15 is 0 Å². The van der Waals surface area contributed by atoms with Crippen molar-refractivity contribution in [2.75, 3.05) is 24.0 Å². The van der Waals surface area contributed by atoms with E-state index in [4.69, 9.17) is 5.11 Å². The summed E-state index contributed by atoms with van der Waals surface area (Å²) in [7, 11) is 0. The average molecular weight is 536 g/mol. The lowest BCUT2D eigenvalue weighted by molar-refractivity contribution is -0.122. The van der Waals surface area contributed by atoms with Crippen molar-refractivity contribution in [2.24, 2.45) is 5.92 Å². The second-order valence-corrected chi connectivity index (χ2v) is 11.3. The molecular weight excluding hydrogens is 496 g/mol. The van der Waals surface area contributed by atoms with E-state index in [2.05, 4.69) is 47.8 Å². The van der Waals surface area contributed by atoms with Crippen LogP contribution in [0.1, 0.15) is 64.7 Å². The third kappa shape index (κ3) is 7.01. The van der Waals surface area contributed by atoms with E-state index in [1.807, 2.05) is 19.1 Å². The second-order valence-electron chi connectivity index (χ2n) is 10.4. The van der Waals surface area contributed by atoms with Gasteiger partial charge in [-0.1, -0.05) is 94.0 Å². The third-order valence-electron chi connectivity index (χ3n) is 7.41. The summed E-state index contributed by atoms with van der Waals surface area (Å²) in [5.41, 5.74) is 0.752. The Hall–Kier alpha value is -2.74. The number of carbonyl (C=O) groups excluding carboxylic acids is 1. The molecule has 0 aliphatic heterocycles. The number of aliphatic hydroxyl groups is 1. The van der Waals surface area contributed by atoms with Gasteiger partial charge in [0.05, 0.1) is 5.69 Å². The normalized spacial score (nSPS) is 13.3. The van der Waals surface area contributed by atoms with Gasteiger partial charge in [-0.05, 0) is 51.8 Å². The van der Waals surface area contributed by atoms with Crippen molar-refractivity contribution in [1.29, 1.82) is 0 Å². The molecule has 4 aromatic carbocycles.